The van der Waals surface area contributed by atoms with Gasteiger partial charge in [-0.2, -0.15) is 0 Å². The Morgan fingerprint density at radius 3 is 2.17 bits per heavy atom. The van der Waals surface area contributed by atoms with Crippen molar-refractivity contribution in [1.82, 2.24) is 0 Å². The summed E-state index contributed by atoms with van der Waals surface area (Å²) in [5.41, 5.74) is 5.90. The maximum Gasteiger partial charge on any atom is 0.303 e. The van der Waals surface area contributed by atoms with Crippen LogP contribution in [0.3, 0.4) is 0 Å². The number of hydrogen-bond donors (Lipinski definition) is 2. The quantitative estimate of drug-likeness (QED) is 0.468. The Bertz CT molecular complexity index is 872. The highest BCUT2D eigenvalue weighted by atomic mass is 19.1. The number of hydrogen-bond acceptors (Lipinski definition) is 3. The molecule has 0 radical (unpaired) electrons. The minimum absolute atomic E-state index is 0.0396. The van der Waals surface area contributed by atoms with Crippen molar-refractivity contribution in [2.75, 3.05) is 7.11 Å². The largest absolute Gasteiger partial charge is 0.496 e. The van der Waals surface area contributed by atoms with Gasteiger partial charge < -0.3 is 14.9 Å². The van der Waals surface area contributed by atoms with Gasteiger partial charge >= 0.3 is 5.97 Å². The third-order valence-electron chi connectivity index (χ3n) is 5.99. The first-order valence-corrected chi connectivity index (χ1v) is 10.5. The van der Waals surface area contributed by atoms with E-state index in [0.717, 1.165) is 58.4 Å². The molecule has 5 heteroatoms. The van der Waals surface area contributed by atoms with E-state index in [2.05, 4.69) is 0 Å². The van der Waals surface area contributed by atoms with Crippen molar-refractivity contribution < 1.29 is 24.1 Å². The molecule has 0 spiro atoms. The summed E-state index contributed by atoms with van der Waals surface area (Å²) >= 11 is 0. The fraction of sp³-hybridized carbons (Fsp3) is 0.480. The summed E-state index contributed by atoms with van der Waals surface area (Å²) in [4.78, 5) is 10.8. The molecule has 2 atom stereocenters. The zero-order valence-electron chi connectivity index (χ0n) is 18.6. The first-order chi connectivity index (χ1) is 14.2. The van der Waals surface area contributed by atoms with Crippen LogP contribution in [-0.4, -0.2) is 23.3 Å². The number of carbonyl (C=O) groups is 1. The van der Waals surface area contributed by atoms with Crippen LogP contribution in [-0.2, 0) is 4.79 Å². The second-order valence-electron chi connectivity index (χ2n) is 8.01. The molecule has 2 aromatic carbocycles. The van der Waals surface area contributed by atoms with Gasteiger partial charge in [0.2, 0.25) is 0 Å². The van der Waals surface area contributed by atoms with Crippen molar-refractivity contribution >= 4 is 5.97 Å². The van der Waals surface area contributed by atoms with E-state index in [1.165, 1.54) is 12.1 Å². The van der Waals surface area contributed by atoms with Gasteiger partial charge in [0.25, 0.3) is 0 Å². The number of methoxy groups -OCH3 is 1. The number of carboxylic acids is 1. The molecule has 2 rings (SSSR count). The first-order valence-electron chi connectivity index (χ1n) is 10.5. The van der Waals surface area contributed by atoms with Crippen molar-refractivity contribution in [1.29, 1.82) is 0 Å². The Hall–Kier alpha value is -2.40. The van der Waals surface area contributed by atoms with Crippen LogP contribution in [0.5, 0.6) is 5.75 Å². The molecule has 0 aliphatic carbocycles. The van der Waals surface area contributed by atoms with Gasteiger partial charge in [-0.15, -0.1) is 0 Å². The zero-order chi connectivity index (χ0) is 22.4. The smallest absolute Gasteiger partial charge is 0.303 e. The standard InChI is InChI=1S/C25H33FO4/c1-15-16(2)25(30-5)24(17(3)23(15)18(4)27)21(9-7-6-8-10-22(28)29)19-11-13-20(26)14-12-19/h11-14,18,21,27H,6-10H2,1-5H3,(H,28,29). The highest BCUT2D eigenvalue weighted by molar-refractivity contribution is 5.66. The molecule has 30 heavy (non-hydrogen) atoms. The maximum atomic E-state index is 13.6. The first kappa shape index (κ1) is 23.9. The predicted molar refractivity (Wildman–Crippen MR) is 117 cm³/mol. The second kappa shape index (κ2) is 10.6. The zero-order valence-corrected chi connectivity index (χ0v) is 18.6. The molecule has 2 aromatic rings. The highest BCUT2D eigenvalue weighted by Crippen LogP contribution is 2.44. The Morgan fingerprint density at radius 2 is 1.63 bits per heavy atom. The topological polar surface area (TPSA) is 66.8 Å². The molecule has 0 aliphatic rings. The van der Waals surface area contributed by atoms with E-state index in [1.54, 1.807) is 26.2 Å². The molecule has 0 amide bonds. The fourth-order valence-electron chi connectivity index (χ4n) is 4.45. The molecule has 164 valence electrons. The average Bonchev–Trinajstić information content (AvgIpc) is 2.68. The number of benzene rings is 2. The lowest BCUT2D eigenvalue weighted by Gasteiger charge is -2.28. The van der Waals surface area contributed by atoms with Gasteiger partial charge in [-0.1, -0.05) is 25.0 Å². The average molecular weight is 417 g/mol. The van der Waals surface area contributed by atoms with Crippen molar-refractivity contribution in [3.05, 3.63) is 63.5 Å². The summed E-state index contributed by atoms with van der Waals surface area (Å²) < 4.78 is 19.4. The van der Waals surface area contributed by atoms with Gasteiger partial charge in [0.05, 0.1) is 13.2 Å². The minimum Gasteiger partial charge on any atom is -0.496 e. The van der Waals surface area contributed by atoms with Crippen LogP contribution in [0, 0.1) is 26.6 Å². The van der Waals surface area contributed by atoms with Crippen LogP contribution >= 0.6 is 0 Å². The summed E-state index contributed by atoms with van der Waals surface area (Å²) in [5, 5.41) is 19.3. The van der Waals surface area contributed by atoms with Crippen LogP contribution < -0.4 is 4.74 Å². The van der Waals surface area contributed by atoms with Gasteiger partial charge in [-0.05, 0) is 80.5 Å². The van der Waals surface area contributed by atoms with Crippen LogP contribution in [0.1, 0.15) is 84.4 Å². The Labute approximate surface area is 178 Å². The molecule has 0 heterocycles. The molecule has 4 nitrogen and oxygen atoms in total. The lowest BCUT2D eigenvalue weighted by molar-refractivity contribution is -0.137. The van der Waals surface area contributed by atoms with Crippen molar-refractivity contribution in [3.63, 3.8) is 0 Å². The lowest BCUT2D eigenvalue weighted by Crippen LogP contribution is -2.12. The van der Waals surface area contributed by atoms with Crippen molar-refractivity contribution in [3.8, 4) is 5.75 Å². The number of halogens is 1. The lowest BCUT2D eigenvalue weighted by atomic mass is 9.79. The second-order valence-corrected chi connectivity index (χ2v) is 8.01. The minimum atomic E-state index is -0.779. The van der Waals surface area contributed by atoms with E-state index in [9.17, 15) is 14.3 Å². The molecule has 0 fully saturated rings. The van der Waals surface area contributed by atoms with E-state index >= 15 is 0 Å². The number of aliphatic hydroxyl groups is 1. The van der Waals surface area contributed by atoms with Crippen molar-refractivity contribution in [2.45, 2.75) is 71.8 Å². The summed E-state index contributed by atoms with van der Waals surface area (Å²) in [6, 6.07) is 6.52. The van der Waals surface area contributed by atoms with Crippen LogP contribution in [0.25, 0.3) is 0 Å². The Morgan fingerprint density at radius 1 is 1.00 bits per heavy atom. The van der Waals surface area contributed by atoms with Gasteiger partial charge in [0.1, 0.15) is 11.6 Å². The number of ether oxygens (including phenoxy) is 1. The van der Waals surface area contributed by atoms with Gasteiger partial charge in [-0.3, -0.25) is 4.79 Å². The molecule has 0 bridgehead atoms. The van der Waals surface area contributed by atoms with E-state index < -0.39 is 12.1 Å². The molecular weight excluding hydrogens is 383 g/mol. The molecule has 0 aromatic heterocycles. The van der Waals surface area contributed by atoms with Gasteiger partial charge in [0, 0.05) is 17.9 Å². The highest BCUT2D eigenvalue weighted by Gasteiger charge is 2.27. The third-order valence-corrected chi connectivity index (χ3v) is 5.99. The van der Waals surface area contributed by atoms with Crippen LogP contribution in [0.15, 0.2) is 24.3 Å². The summed E-state index contributed by atoms with van der Waals surface area (Å²) in [5.74, 6) is -0.304. The maximum absolute atomic E-state index is 13.6. The molecule has 2 N–H and O–H groups in total. The summed E-state index contributed by atoms with van der Waals surface area (Å²) in [7, 11) is 1.65. The number of rotatable bonds is 10. The van der Waals surface area contributed by atoms with Crippen LogP contribution in [0.4, 0.5) is 4.39 Å². The van der Waals surface area contributed by atoms with E-state index in [4.69, 9.17) is 9.84 Å². The molecule has 0 saturated carbocycles. The molecular formula is C25H33FO4. The number of carboxylic acid groups (broad SMARTS) is 1. The summed E-state index contributed by atoms with van der Waals surface area (Å²) in [6.07, 6.45) is 2.61. The molecule has 2 unspecified atom stereocenters. The monoisotopic (exact) mass is 416 g/mol. The van der Waals surface area contributed by atoms with Crippen LogP contribution in [0.2, 0.25) is 0 Å². The number of unbranched alkanes of at least 4 members (excludes halogenated alkanes) is 2. The van der Waals surface area contributed by atoms with E-state index in [1.807, 2.05) is 20.8 Å². The van der Waals surface area contributed by atoms with Gasteiger partial charge in [-0.25, -0.2) is 4.39 Å². The van der Waals surface area contributed by atoms with E-state index in [-0.39, 0.29) is 18.2 Å². The number of aliphatic hydroxyl groups excluding tert-OH is 1. The molecule has 0 saturated heterocycles. The Balaban J connectivity index is 2.54. The number of aliphatic carboxylic acids is 1. The predicted octanol–water partition coefficient (Wildman–Crippen LogP) is 5.98. The fourth-order valence-corrected chi connectivity index (χ4v) is 4.45. The normalized spacial score (nSPS) is 13.2. The Kier molecular flexibility index (Phi) is 8.42. The summed E-state index contributed by atoms with van der Waals surface area (Å²) in [6.45, 7) is 7.77. The molecule has 0 aliphatic heterocycles. The van der Waals surface area contributed by atoms with E-state index in [0.29, 0.717) is 6.42 Å². The van der Waals surface area contributed by atoms with Crippen molar-refractivity contribution in [2.24, 2.45) is 0 Å². The van der Waals surface area contributed by atoms with Gasteiger partial charge in [0.15, 0.2) is 0 Å². The SMILES string of the molecule is COc1c(C)c(C)c(C(C)O)c(C)c1C(CCCCCC(=O)O)c1ccc(F)cc1. The third kappa shape index (κ3) is 5.39.